The van der Waals surface area contributed by atoms with E-state index in [0.717, 1.165) is 11.6 Å². The number of aromatic nitrogens is 1. The van der Waals surface area contributed by atoms with Crippen LogP contribution in [0.4, 0.5) is 0 Å². The normalized spacial score (nSPS) is 18.1. The maximum atomic E-state index is 8.84. The van der Waals surface area contributed by atoms with Crippen LogP contribution in [0, 0.1) is 19.8 Å². The SMILES string of the molecule is Cc1nc(C(NCCO)C2CC2)sc1C. The lowest BCUT2D eigenvalue weighted by Gasteiger charge is -2.14. The summed E-state index contributed by atoms with van der Waals surface area (Å²) in [5.74, 6) is 0.737. The summed E-state index contributed by atoms with van der Waals surface area (Å²) < 4.78 is 0. The molecule has 1 fully saturated rings. The Kier molecular flexibility index (Phi) is 3.38. The van der Waals surface area contributed by atoms with Crippen LogP contribution in [-0.4, -0.2) is 23.2 Å². The van der Waals surface area contributed by atoms with Gasteiger partial charge in [0.25, 0.3) is 0 Å². The number of hydrogen-bond donors (Lipinski definition) is 2. The van der Waals surface area contributed by atoms with Gasteiger partial charge >= 0.3 is 0 Å². The van der Waals surface area contributed by atoms with Crippen molar-refractivity contribution >= 4 is 11.3 Å². The summed E-state index contributed by atoms with van der Waals surface area (Å²) in [5, 5.41) is 13.4. The Bertz CT molecular complexity index is 314. The average molecular weight is 226 g/mol. The van der Waals surface area contributed by atoms with Crippen LogP contribution in [0.15, 0.2) is 0 Å². The van der Waals surface area contributed by atoms with Crippen LogP contribution < -0.4 is 5.32 Å². The van der Waals surface area contributed by atoms with Gasteiger partial charge in [-0.2, -0.15) is 0 Å². The quantitative estimate of drug-likeness (QED) is 0.804. The molecule has 2 N–H and O–H groups in total. The second kappa shape index (κ2) is 4.60. The van der Waals surface area contributed by atoms with Gasteiger partial charge in [0, 0.05) is 11.4 Å². The van der Waals surface area contributed by atoms with Gasteiger partial charge < -0.3 is 10.4 Å². The second-order valence-electron chi connectivity index (χ2n) is 4.19. The summed E-state index contributed by atoms with van der Waals surface area (Å²) in [6.07, 6.45) is 2.58. The number of thiazole rings is 1. The first kappa shape index (κ1) is 11.0. The largest absolute Gasteiger partial charge is 0.395 e. The third-order valence-electron chi connectivity index (χ3n) is 2.88. The van der Waals surface area contributed by atoms with Gasteiger partial charge in [-0.15, -0.1) is 11.3 Å². The molecule has 3 nitrogen and oxygen atoms in total. The Morgan fingerprint density at radius 1 is 1.53 bits per heavy atom. The van der Waals surface area contributed by atoms with Crippen LogP contribution >= 0.6 is 11.3 Å². The van der Waals surface area contributed by atoms with Crippen molar-refractivity contribution in [2.24, 2.45) is 5.92 Å². The van der Waals surface area contributed by atoms with Crippen molar-refractivity contribution in [1.82, 2.24) is 10.3 Å². The molecule has 84 valence electrons. The first-order valence-electron chi connectivity index (χ1n) is 5.50. The van der Waals surface area contributed by atoms with Gasteiger partial charge in [-0.05, 0) is 32.6 Å². The van der Waals surface area contributed by atoms with Crippen molar-refractivity contribution in [1.29, 1.82) is 0 Å². The molecule has 1 atom stereocenters. The number of nitrogens with zero attached hydrogens (tertiary/aromatic N) is 1. The third-order valence-corrected chi connectivity index (χ3v) is 4.04. The van der Waals surface area contributed by atoms with E-state index >= 15 is 0 Å². The lowest BCUT2D eigenvalue weighted by atomic mass is 10.2. The van der Waals surface area contributed by atoms with E-state index in [-0.39, 0.29) is 6.61 Å². The Labute approximate surface area is 94.5 Å². The van der Waals surface area contributed by atoms with Gasteiger partial charge in [0.05, 0.1) is 18.3 Å². The number of nitrogens with one attached hydrogen (secondary N) is 1. The van der Waals surface area contributed by atoms with E-state index in [2.05, 4.69) is 24.1 Å². The van der Waals surface area contributed by atoms with Gasteiger partial charge in [-0.1, -0.05) is 0 Å². The molecule has 0 aromatic carbocycles. The van der Waals surface area contributed by atoms with Crippen LogP contribution in [0.1, 0.15) is 34.5 Å². The van der Waals surface area contributed by atoms with E-state index in [0.29, 0.717) is 12.6 Å². The molecule has 1 aliphatic carbocycles. The molecular weight excluding hydrogens is 208 g/mol. The Morgan fingerprint density at radius 3 is 2.73 bits per heavy atom. The standard InChI is InChI=1S/C11H18N2OS/c1-7-8(2)15-11(13-7)10(9-3-4-9)12-5-6-14/h9-10,12,14H,3-6H2,1-2H3. The van der Waals surface area contributed by atoms with Gasteiger partial charge in [0.1, 0.15) is 5.01 Å². The molecule has 1 saturated carbocycles. The molecule has 1 aromatic rings. The number of hydrogen-bond acceptors (Lipinski definition) is 4. The highest BCUT2D eigenvalue weighted by atomic mass is 32.1. The summed E-state index contributed by atoms with van der Waals surface area (Å²) in [5.41, 5.74) is 1.14. The molecule has 1 aliphatic rings. The van der Waals surface area contributed by atoms with Crippen LogP contribution in [0.5, 0.6) is 0 Å². The van der Waals surface area contributed by atoms with Gasteiger partial charge in [0.2, 0.25) is 0 Å². The van der Waals surface area contributed by atoms with E-state index in [9.17, 15) is 0 Å². The summed E-state index contributed by atoms with van der Waals surface area (Å²) >= 11 is 1.79. The van der Waals surface area contributed by atoms with E-state index in [1.165, 1.54) is 22.7 Å². The van der Waals surface area contributed by atoms with Crippen molar-refractivity contribution in [3.05, 3.63) is 15.6 Å². The van der Waals surface area contributed by atoms with Crippen molar-refractivity contribution in [3.8, 4) is 0 Å². The van der Waals surface area contributed by atoms with Crippen molar-refractivity contribution in [3.63, 3.8) is 0 Å². The molecule has 2 rings (SSSR count). The first-order chi connectivity index (χ1) is 7.22. The van der Waals surface area contributed by atoms with Crippen LogP contribution in [0.2, 0.25) is 0 Å². The number of rotatable bonds is 5. The van der Waals surface area contributed by atoms with Gasteiger partial charge in [0.15, 0.2) is 0 Å². The monoisotopic (exact) mass is 226 g/mol. The second-order valence-corrected chi connectivity index (χ2v) is 5.42. The summed E-state index contributed by atoms with van der Waals surface area (Å²) in [4.78, 5) is 5.91. The fraction of sp³-hybridized carbons (Fsp3) is 0.727. The van der Waals surface area contributed by atoms with Gasteiger partial charge in [-0.3, -0.25) is 0 Å². The molecular formula is C11H18N2OS. The third kappa shape index (κ3) is 2.56. The molecule has 1 heterocycles. The predicted octanol–water partition coefficient (Wildman–Crippen LogP) is 1.79. The summed E-state index contributed by atoms with van der Waals surface area (Å²) in [6.45, 7) is 5.04. The summed E-state index contributed by atoms with van der Waals surface area (Å²) in [6, 6.07) is 0.370. The zero-order chi connectivity index (χ0) is 10.8. The zero-order valence-corrected chi connectivity index (χ0v) is 10.1. The maximum absolute atomic E-state index is 8.84. The minimum Gasteiger partial charge on any atom is -0.395 e. The lowest BCUT2D eigenvalue weighted by Crippen LogP contribution is -2.25. The Hall–Kier alpha value is -0.450. The molecule has 0 amide bonds. The highest BCUT2D eigenvalue weighted by Gasteiger charge is 2.33. The fourth-order valence-electron chi connectivity index (χ4n) is 1.74. The molecule has 1 aromatic heterocycles. The number of aliphatic hydroxyl groups excluding tert-OH is 1. The van der Waals surface area contributed by atoms with Crippen molar-refractivity contribution in [2.45, 2.75) is 32.7 Å². The molecule has 0 aliphatic heterocycles. The maximum Gasteiger partial charge on any atom is 0.110 e. The molecule has 0 saturated heterocycles. The molecule has 4 heteroatoms. The van der Waals surface area contributed by atoms with E-state index in [4.69, 9.17) is 5.11 Å². The first-order valence-corrected chi connectivity index (χ1v) is 6.32. The molecule has 0 spiro atoms. The lowest BCUT2D eigenvalue weighted by molar-refractivity contribution is 0.280. The van der Waals surface area contributed by atoms with E-state index in [1.807, 2.05) is 0 Å². The van der Waals surface area contributed by atoms with Gasteiger partial charge in [-0.25, -0.2) is 4.98 Å². The molecule has 1 unspecified atom stereocenters. The Morgan fingerprint density at radius 2 is 2.27 bits per heavy atom. The number of aliphatic hydroxyl groups is 1. The zero-order valence-electron chi connectivity index (χ0n) is 9.29. The van der Waals surface area contributed by atoms with Crippen LogP contribution in [0.3, 0.4) is 0 Å². The molecule has 0 radical (unpaired) electrons. The van der Waals surface area contributed by atoms with Crippen molar-refractivity contribution in [2.75, 3.05) is 13.2 Å². The van der Waals surface area contributed by atoms with Crippen molar-refractivity contribution < 1.29 is 5.11 Å². The number of aryl methyl sites for hydroxylation is 2. The highest BCUT2D eigenvalue weighted by molar-refractivity contribution is 7.11. The summed E-state index contributed by atoms with van der Waals surface area (Å²) in [7, 11) is 0. The minimum absolute atomic E-state index is 0.201. The van der Waals surface area contributed by atoms with E-state index in [1.54, 1.807) is 11.3 Å². The van der Waals surface area contributed by atoms with Crippen LogP contribution in [-0.2, 0) is 0 Å². The average Bonchev–Trinajstić information content (AvgIpc) is 2.97. The van der Waals surface area contributed by atoms with Crippen LogP contribution in [0.25, 0.3) is 0 Å². The topological polar surface area (TPSA) is 45.2 Å². The minimum atomic E-state index is 0.201. The highest BCUT2D eigenvalue weighted by Crippen LogP contribution is 2.42. The predicted molar refractivity (Wildman–Crippen MR) is 62.1 cm³/mol. The smallest absolute Gasteiger partial charge is 0.110 e. The van der Waals surface area contributed by atoms with E-state index < -0.39 is 0 Å². The molecule has 15 heavy (non-hydrogen) atoms. The molecule has 0 bridgehead atoms. The Balaban J connectivity index is 2.09. The fourth-order valence-corrected chi connectivity index (χ4v) is 2.83.